The minimum Gasteiger partial charge on any atom is -0.451 e. The Morgan fingerprint density at radius 3 is 2.56 bits per heavy atom. The molecule has 0 radical (unpaired) electrons. The second kappa shape index (κ2) is 5.77. The van der Waals surface area contributed by atoms with E-state index in [1.54, 1.807) is 43.4 Å². The first kappa shape index (κ1) is 12.9. The zero-order valence-corrected chi connectivity index (χ0v) is 10.4. The van der Waals surface area contributed by atoms with Crippen LogP contribution in [0.4, 0.5) is 0 Å². The fraction of sp³-hybridized carbons (Fsp3) is 0.182. The van der Waals surface area contributed by atoms with E-state index in [1.165, 1.54) is 0 Å². The van der Waals surface area contributed by atoms with Crippen molar-refractivity contribution in [3.05, 3.63) is 40.2 Å². The van der Waals surface area contributed by atoms with E-state index in [0.29, 0.717) is 22.1 Å². The third-order valence-electron chi connectivity index (χ3n) is 1.62. The summed E-state index contributed by atoms with van der Waals surface area (Å²) in [5.74, 6) is 0.570. The predicted molar refractivity (Wildman–Crippen MR) is 64.9 cm³/mol. The number of ether oxygens (including phenoxy) is 1. The van der Waals surface area contributed by atoms with E-state index < -0.39 is 0 Å². The normalized spacial score (nSPS) is 11.1. The van der Waals surface area contributed by atoms with E-state index in [-0.39, 0.29) is 5.76 Å². The molecule has 0 atom stereocenters. The third-order valence-corrected chi connectivity index (χ3v) is 2.15. The first-order chi connectivity index (χ1) is 7.52. The Labute approximate surface area is 104 Å². The zero-order chi connectivity index (χ0) is 12.1. The summed E-state index contributed by atoms with van der Waals surface area (Å²) < 4.78 is 5.32. The van der Waals surface area contributed by atoms with Crippen molar-refractivity contribution in [3.8, 4) is 5.75 Å². The molecule has 86 valence electrons. The fourth-order valence-electron chi connectivity index (χ4n) is 1.02. The van der Waals surface area contributed by atoms with Gasteiger partial charge in [0.2, 0.25) is 0 Å². The lowest BCUT2D eigenvalue weighted by Crippen LogP contribution is -2.07. The van der Waals surface area contributed by atoms with Gasteiger partial charge >= 0.3 is 0 Å². The fourth-order valence-corrected chi connectivity index (χ4v) is 1.47. The number of nitrogens with zero attached hydrogens (tertiary/aromatic N) is 1. The Morgan fingerprint density at radius 2 is 2.06 bits per heavy atom. The topological polar surface area (TPSA) is 29.5 Å². The third kappa shape index (κ3) is 3.76. The quantitative estimate of drug-likeness (QED) is 0.473. The molecule has 0 heterocycles. The second-order valence-electron chi connectivity index (χ2n) is 3.29. The van der Waals surface area contributed by atoms with Crippen molar-refractivity contribution in [2.24, 2.45) is 0 Å². The van der Waals surface area contributed by atoms with E-state index in [2.05, 4.69) is 0 Å². The maximum Gasteiger partial charge on any atom is 0.186 e. The van der Waals surface area contributed by atoms with E-state index in [9.17, 15) is 4.79 Å². The van der Waals surface area contributed by atoms with Gasteiger partial charge in [-0.25, -0.2) is 0 Å². The van der Waals surface area contributed by atoms with Crippen LogP contribution < -0.4 is 4.74 Å². The molecule has 0 spiro atoms. The molecule has 1 aromatic carbocycles. The average molecular weight is 260 g/mol. The first-order valence-corrected chi connectivity index (χ1v) is 5.25. The smallest absolute Gasteiger partial charge is 0.186 e. The van der Waals surface area contributed by atoms with Crippen LogP contribution in [-0.4, -0.2) is 25.3 Å². The molecule has 0 amide bonds. The van der Waals surface area contributed by atoms with Gasteiger partial charge in [0.15, 0.2) is 12.0 Å². The van der Waals surface area contributed by atoms with Gasteiger partial charge in [-0.15, -0.1) is 0 Å². The zero-order valence-electron chi connectivity index (χ0n) is 8.91. The predicted octanol–water partition coefficient (Wildman–Crippen LogP) is 2.97. The van der Waals surface area contributed by atoms with Crippen LogP contribution in [0.1, 0.15) is 0 Å². The summed E-state index contributed by atoms with van der Waals surface area (Å²) in [5, 5.41) is 0.876. The van der Waals surface area contributed by atoms with Gasteiger partial charge in [-0.05, 0) is 18.2 Å². The summed E-state index contributed by atoms with van der Waals surface area (Å²) in [7, 11) is 3.58. The number of allylic oxidation sites excluding steroid dienone is 1. The maximum absolute atomic E-state index is 10.7. The highest BCUT2D eigenvalue weighted by atomic mass is 35.5. The standard InChI is InChI=1S/C11H11Cl2NO2/c1-14(2)6-9(7-15)16-11-4-3-8(12)5-10(11)13/h3-7H,1-2H3/b9-6-. The Bertz CT molecular complexity index is 416. The van der Waals surface area contributed by atoms with Crippen molar-refractivity contribution < 1.29 is 9.53 Å². The molecule has 0 aliphatic heterocycles. The Hall–Kier alpha value is -1.19. The van der Waals surface area contributed by atoms with Crippen molar-refractivity contribution in [2.75, 3.05) is 14.1 Å². The van der Waals surface area contributed by atoms with Gasteiger partial charge in [0.25, 0.3) is 0 Å². The highest BCUT2D eigenvalue weighted by Gasteiger charge is 2.05. The molecule has 1 rings (SSSR count). The largest absolute Gasteiger partial charge is 0.451 e. The molecule has 0 aliphatic rings. The monoisotopic (exact) mass is 259 g/mol. The first-order valence-electron chi connectivity index (χ1n) is 4.49. The summed E-state index contributed by atoms with van der Waals surface area (Å²) in [6.45, 7) is 0. The van der Waals surface area contributed by atoms with Crippen LogP contribution in [0.5, 0.6) is 5.75 Å². The Kier molecular flexibility index (Phi) is 4.65. The number of halogens is 2. The molecule has 0 unspecified atom stereocenters. The average Bonchev–Trinajstić information content (AvgIpc) is 2.20. The highest BCUT2D eigenvalue weighted by molar-refractivity contribution is 6.35. The Morgan fingerprint density at radius 1 is 1.38 bits per heavy atom. The van der Waals surface area contributed by atoms with Crippen LogP contribution in [0.2, 0.25) is 10.0 Å². The molecule has 0 aromatic heterocycles. The summed E-state index contributed by atoms with van der Waals surface area (Å²) in [5.41, 5.74) is 0. The molecule has 0 saturated heterocycles. The van der Waals surface area contributed by atoms with Gasteiger partial charge in [-0.3, -0.25) is 4.79 Å². The van der Waals surface area contributed by atoms with Gasteiger partial charge in [0, 0.05) is 25.3 Å². The van der Waals surface area contributed by atoms with Crippen LogP contribution in [-0.2, 0) is 4.79 Å². The van der Waals surface area contributed by atoms with E-state index >= 15 is 0 Å². The second-order valence-corrected chi connectivity index (χ2v) is 4.13. The van der Waals surface area contributed by atoms with Gasteiger partial charge in [-0.1, -0.05) is 23.2 Å². The molecule has 16 heavy (non-hydrogen) atoms. The number of benzene rings is 1. The molecular weight excluding hydrogens is 249 g/mol. The lowest BCUT2D eigenvalue weighted by atomic mass is 10.3. The molecule has 3 nitrogen and oxygen atoms in total. The summed E-state index contributed by atoms with van der Waals surface area (Å²) in [6.07, 6.45) is 2.17. The number of hydrogen-bond acceptors (Lipinski definition) is 3. The number of aldehydes is 1. The van der Waals surface area contributed by atoms with E-state index in [0.717, 1.165) is 0 Å². The van der Waals surface area contributed by atoms with Gasteiger partial charge in [0.1, 0.15) is 5.75 Å². The minimum absolute atomic E-state index is 0.175. The van der Waals surface area contributed by atoms with Gasteiger partial charge in [0.05, 0.1) is 5.02 Å². The molecule has 1 aromatic rings. The molecule has 0 fully saturated rings. The van der Waals surface area contributed by atoms with Crippen molar-refractivity contribution in [3.63, 3.8) is 0 Å². The molecular formula is C11H11Cl2NO2. The van der Waals surface area contributed by atoms with Crippen LogP contribution in [0.25, 0.3) is 0 Å². The summed E-state index contributed by atoms with van der Waals surface area (Å²) in [6, 6.07) is 4.80. The van der Waals surface area contributed by atoms with E-state index in [1.807, 2.05) is 0 Å². The summed E-state index contributed by atoms with van der Waals surface area (Å²) in [4.78, 5) is 12.4. The number of rotatable bonds is 4. The summed E-state index contributed by atoms with van der Waals surface area (Å²) >= 11 is 11.6. The lowest BCUT2D eigenvalue weighted by molar-refractivity contribution is -0.106. The Balaban J connectivity index is 2.90. The minimum atomic E-state index is 0.175. The van der Waals surface area contributed by atoms with Crippen molar-refractivity contribution in [1.82, 2.24) is 4.90 Å². The van der Waals surface area contributed by atoms with Crippen molar-refractivity contribution in [2.45, 2.75) is 0 Å². The van der Waals surface area contributed by atoms with Gasteiger partial charge < -0.3 is 9.64 Å². The molecule has 0 N–H and O–H groups in total. The number of carbonyl (C=O) groups is 1. The maximum atomic E-state index is 10.7. The van der Waals surface area contributed by atoms with Crippen molar-refractivity contribution in [1.29, 1.82) is 0 Å². The number of hydrogen-bond donors (Lipinski definition) is 0. The highest BCUT2D eigenvalue weighted by Crippen LogP contribution is 2.28. The SMILES string of the molecule is CN(C)/C=C(/C=O)Oc1ccc(Cl)cc1Cl. The molecule has 5 heteroatoms. The lowest BCUT2D eigenvalue weighted by Gasteiger charge is -2.10. The van der Waals surface area contributed by atoms with Crippen LogP contribution >= 0.6 is 23.2 Å². The van der Waals surface area contributed by atoms with Gasteiger partial charge in [-0.2, -0.15) is 0 Å². The van der Waals surface area contributed by atoms with Crippen LogP contribution in [0.15, 0.2) is 30.2 Å². The van der Waals surface area contributed by atoms with Crippen LogP contribution in [0.3, 0.4) is 0 Å². The van der Waals surface area contributed by atoms with E-state index in [4.69, 9.17) is 27.9 Å². The van der Waals surface area contributed by atoms with Crippen molar-refractivity contribution >= 4 is 29.5 Å². The molecule has 0 saturated carbocycles. The molecule has 0 bridgehead atoms. The molecule has 0 aliphatic carbocycles. The number of carbonyl (C=O) groups excluding carboxylic acids is 1. The van der Waals surface area contributed by atoms with Crippen LogP contribution in [0, 0.1) is 0 Å².